The molecule has 32 heavy (non-hydrogen) atoms. The van der Waals surface area contributed by atoms with Crippen LogP contribution in [0.25, 0.3) is 0 Å². The summed E-state index contributed by atoms with van der Waals surface area (Å²) in [6, 6.07) is 13.3. The second kappa shape index (κ2) is 9.15. The van der Waals surface area contributed by atoms with Gasteiger partial charge in [-0.05, 0) is 61.0 Å². The van der Waals surface area contributed by atoms with E-state index in [9.17, 15) is 18.0 Å². The lowest BCUT2D eigenvalue weighted by atomic mass is 10.0. The van der Waals surface area contributed by atoms with Crippen LogP contribution in [0.3, 0.4) is 0 Å². The van der Waals surface area contributed by atoms with Crippen molar-refractivity contribution in [2.45, 2.75) is 19.3 Å². The number of nitrogens with one attached hydrogen (secondary N) is 3. The molecule has 0 aliphatic carbocycles. The van der Waals surface area contributed by atoms with Crippen molar-refractivity contribution in [3.05, 3.63) is 71.9 Å². The fraction of sp³-hybridized carbons (Fsp3) is 0.182. The molecule has 2 aromatic carbocycles. The Morgan fingerprint density at radius 1 is 1.03 bits per heavy atom. The van der Waals surface area contributed by atoms with Gasteiger partial charge < -0.3 is 25.4 Å². The highest BCUT2D eigenvalue weighted by molar-refractivity contribution is 6.00. The third-order valence-electron chi connectivity index (χ3n) is 4.67. The second-order valence-electron chi connectivity index (χ2n) is 6.93. The maximum atomic E-state index is 12.4. The van der Waals surface area contributed by atoms with E-state index in [0.29, 0.717) is 11.4 Å². The van der Waals surface area contributed by atoms with Crippen molar-refractivity contribution in [1.82, 2.24) is 10.3 Å². The Balaban J connectivity index is 1.44. The fourth-order valence-electron chi connectivity index (χ4n) is 3.29. The highest BCUT2D eigenvalue weighted by Gasteiger charge is 2.31. The maximum absolute atomic E-state index is 12.4. The molecule has 2 heterocycles. The first-order valence-corrected chi connectivity index (χ1v) is 9.75. The fourth-order valence-corrected chi connectivity index (χ4v) is 3.29. The SMILES string of the molecule is O=C(Nc1ccc(OC(F)(F)F)cc1)Nc1cccnc1Oc1cccc2c1CCNC2. The lowest BCUT2D eigenvalue weighted by molar-refractivity contribution is -0.274. The van der Waals surface area contributed by atoms with Gasteiger partial charge in [0.1, 0.15) is 17.2 Å². The van der Waals surface area contributed by atoms with Crippen LogP contribution in [0.2, 0.25) is 0 Å². The highest BCUT2D eigenvalue weighted by atomic mass is 19.4. The number of fused-ring (bicyclic) bond motifs is 1. The van der Waals surface area contributed by atoms with Gasteiger partial charge in [0.2, 0.25) is 5.88 Å². The minimum atomic E-state index is -4.78. The van der Waals surface area contributed by atoms with Crippen LogP contribution in [0.4, 0.5) is 29.3 Å². The zero-order valence-electron chi connectivity index (χ0n) is 16.7. The Morgan fingerprint density at radius 2 is 1.84 bits per heavy atom. The third-order valence-corrected chi connectivity index (χ3v) is 4.67. The number of hydrogen-bond acceptors (Lipinski definition) is 5. The minimum Gasteiger partial charge on any atom is -0.437 e. The summed E-state index contributed by atoms with van der Waals surface area (Å²) in [4.78, 5) is 16.6. The number of benzene rings is 2. The Labute approximate surface area is 181 Å². The number of aromatic nitrogens is 1. The zero-order chi connectivity index (χ0) is 22.6. The molecular weight excluding hydrogens is 425 g/mol. The number of urea groups is 1. The Bertz CT molecular complexity index is 1100. The third kappa shape index (κ3) is 5.46. The van der Waals surface area contributed by atoms with Crippen LogP contribution in [-0.4, -0.2) is 23.9 Å². The molecule has 1 aliphatic rings. The molecule has 0 unspecified atom stereocenters. The summed E-state index contributed by atoms with van der Waals surface area (Å²) in [5.74, 6) is 0.516. The molecular formula is C22H19F3N4O3. The van der Waals surface area contributed by atoms with E-state index in [1.165, 1.54) is 12.1 Å². The average Bonchev–Trinajstić information content (AvgIpc) is 2.76. The largest absolute Gasteiger partial charge is 0.573 e. The molecule has 0 radical (unpaired) electrons. The van der Waals surface area contributed by atoms with Gasteiger partial charge in [-0.15, -0.1) is 13.2 Å². The average molecular weight is 444 g/mol. The first kappa shape index (κ1) is 21.4. The number of hydrogen-bond donors (Lipinski definition) is 3. The van der Waals surface area contributed by atoms with Crippen LogP contribution in [0.15, 0.2) is 60.8 Å². The first-order valence-electron chi connectivity index (χ1n) is 9.75. The lowest BCUT2D eigenvalue weighted by Gasteiger charge is -2.20. The summed E-state index contributed by atoms with van der Waals surface area (Å²) in [5, 5.41) is 8.50. The van der Waals surface area contributed by atoms with Crippen LogP contribution in [0, 0.1) is 0 Å². The molecule has 4 rings (SSSR count). The molecule has 0 saturated carbocycles. The molecule has 3 aromatic rings. The van der Waals surface area contributed by atoms with Crippen molar-refractivity contribution in [3.8, 4) is 17.4 Å². The van der Waals surface area contributed by atoms with E-state index in [4.69, 9.17) is 4.74 Å². The van der Waals surface area contributed by atoms with E-state index in [2.05, 4.69) is 25.7 Å². The minimum absolute atomic E-state index is 0.225. The number of ether oxygens (including phenoxy) is 2. The van der Waals surface area contributed by atoms with Crippen LogP contribution < -0.4 is 25.4 Å². The molecule has 1 aliphatic heterocycles. The zero-order valence-corrected chi connectivity index (χ0v) is 16.7. The van der Waals surface area contributed by atoms with E-state index in [1.807, 2.05) is 18.2 Å². The predicted molar refractivity (Wildman–Crippen MR) is 112 cm³/mol. The number of alkyl halides is 3. The number of amides is 2. The van der Waals surface area contributed by atoms with E-state index in [1.54, 1.807) is 18.3 Å². The van der Waals surface area contributed by atoms with E-state index in [0.717, 1.165) is 42.8 Å². The van der Waals surface area contributed by atoms with Crippen LogP contribution in [0.1, 0.15) is 11.1 Å². The van der Waals surface area contributed by atoms with Gasteiger partial charge >= 0.3 is 12.4 Å². The summed E-state index contributed by atoms with van der Waals surface area (Å²) in [6.07, 6.45) is -2.41. The number of carbonyl (C=O) groups is 1. The molecule has 7 nitrogen and oxygen atoms in total. The number of rotatable bonds is 5. The highest BCUT2D eigenvalue weighted by Crippen LogP contribution is 2.32. The second-order valence-corrected chi connectivity index (χ2v) is 6.93. The number of nitrogens with zero attached hydrogens (tertiary/aromatic N) is 1. The standard InChI is InChI=1S/C22H19F3N4O3/c23-22(24,25)32-16-8-6-15(7-9-16)28-21(30)29-18-4-2-11-27-20(18)31-19-5-1-3-14-13-26-12-10-17(14)19/h1-9,11,26H,10,12-13H2,(H2,28,29,30). The molecule has 2 amide bonds. The van der Waals surface area contributed by atoms with Gasteiger partial charge in [-0.25, -0.2) is 9.78 Å². The Morgan fingerprint density at radius 3 is 2.62 bits per heavy atom. The van der Waals surface area contributed by atoms with Gasteiger partial charge in [-0.2, -0.15) is 0 Å². The smallest absolute Gasteiger partial charge is 0.437 e. The van der Waals surface area contributed by atoms with Gasteiger partial charge in [0.25, 0.3) is 0 Å². The van der Waals surface area contributed by atoms with Crippen molar-refractivity contribution in [2.24, 2.45) is 0 Å². The van der Waals surface area contributed by atoms with Crippen LogP contribution in [0.5, 0.6) is 17.4 Å². The summed E-state index contributed by atoms with van der Waals surface area (Å²) in [7, 11) is 0. The van der Waals surface area contributed by atoms with Gasteiger partial charge in [0, 0.05) is 24.0 Å². The molecule has 0 atom stereocenters. The Kier molecular flexibility index (Phi) is 6.13. The normalized spacial score (nSPS) is 13.1. The molecule has 3 N–H and O–H groups in total. The van der Waals surface area contributed by atoms with E-state index >= 15 is 0 Å². The van der Waals surface area contributed by atoms with Crippen LogP contribution >= 0.6 is 0 Å². The summed E-state index contributed by atoms with van der Waals surface area (Å²) in [6.45, 7) is 1.60. The van der Waals surface area contributed by atoms with Crippen molar-refractivity contribution >= 4 is 17.4 Å². The molecule has 0 saturated heterocycles. The summed E-state index contributed by atoms with van der Waals surface area (Å²) < 4.78 is 46.6. The predicted octanol–water partition coefficient (Wildman–Crippen LogP) is 5.06. The van der Waals surface area contributed by atoms with Crippen molar-refractivity contribution in [1.29, 1.82) is 0 Å². The number of anilines is 2. The topological polar surface area (TPSA) is 84.5 Å². The summed E-state index contributed by atoms with van der Waals surface area (Å²) >= 11 is 0. The Hall–Kier alpha value is -3.79. The molecule has 10 heteroatoms. The van der Waals surface area contributed by atoms with Crippen molar-refractivity contribution in [3.63, 3.8) is 0 Å². The van der Waals surface area contributed by atoms with Crippen LogP contribution in [-0.2, 0) is 13.0 Å². The van der Waals surface area contributed by atoms with Crippen molar-refractivity contribution < 1.29 is 27.4 Å². The molecule has 0 bridgehead atoms. The maximum Gasteiger partial charge on any atom is 0.573 e. The van der Waals surface area contributed by atoms with E-state index < -0.39 is 12.4 Å². The number of carbonyl (C=O) groups excluding carboxylic acids is 1. The van der Waals surface area contributed by atoms with Gasteiger partial charge in [-0.3, -0.25) is 0 Å². The summed E-state index contributed by atoms with van der Waals surface area (Å²) in [5.41, 5.74) is 2.87. The number of halogens is 3. The van der Waals surface area contributed by atoms with Gasteiger partial charge in [-0.1, -0.05) is 12.1 Å². The quantitative estimate of drug-likeness (QED) is 0.512. The monoisotopic (exact) mass is 444 g/mol. The first-order chi connectivity index (χ1) is 15.4. The molecule has 0 spiro atoms. The molecule has 1 aromatic heterocycles. The number of pyridine rings is 1. The van der Waals surface area contributed by atoms with Gasteiger partial charge in [0.05, 0.1) is 0 Å². The molecule has 166 valence electrons. The van der Waals surface area contributed by atoms with Crippen molar-refractivity contribution in [2.75, 3.05) is 17.2 Å². The van der Waals surface area contributed by atoms with Gasteiger partial charge in [0.15, 0.2) is 0 Å². The lowest BCUT2D eigenvalue weighted by Crippen LogP contribution is -2.24. The molecule has 0 fully saturated rings. The van der Waals surface area contributed by atoms with E-state index in [-0.39, 0.29) is 17.3 Å².